The predicted octanol–water partition coefficient (Wildman–Crippen LogP) is -0.162. The molecule has 0 bridgehead atoms. The zero-order chi connectivity index (χ0) is 8.15. The molecule has 0 aromatic carbocycles. The molecule has 0 saturated heterocycles. The Labute approximate surface area is 61.6 Å². The van der Waals surface area contributed by atoms with E-state index in [0.29, 0.717) is 0 Å². The second-order valence-electron chi connectivity index (χ2n) is 2.28. The van der Waals surface area contributed by atoms with Gasteiger partial charge in [0.15, 0.2) is 0 Å². The summed E-state index contributed by atoms with van der Waals surface area (Å²) in [4.78, 5) is 12.5. The van der Waals surface area contributed by atoms with E-state index in [-0.39, 0.29) is 12.2 Å². The van der Waals surface area contributed by atoms with Crippen LogP contribution in [0.4, 0.5) is 4.79 Å². The molecule has 2 amide bonds. The number of carbonyl (C=O) groups is 1. The third-order valence-corrected chi connectivity index (χ3v) is 1.27. The van der Waals surface area contributed by atoms with E-state index < -0.39 is 0 Å². The Kier molecular flexibility index (Phi) is 3.79. The fourth-order valence-electron chi connectivity index (χ4n) is 0.350. The Balaban J connectivity index is 3.57. The van der Waals surface area contributed by atoms with Crippen LogP contribution in [0.1, 0.15) is 6.92 Å². The van der Waals surface area contributed by atoms with Gasteiger partial charge < -0.3 is 5.32 Å². The summed E-state index contributed by atoms with van der Waals surface area (Å²) in [5.41, 5.74) is 0. The van der Waals surface area contributed by atoms with Gasteiger partial charge in [-0.05, 0) is 21.0 Å². The van der Waals surface area contributed by atoms with Crippen LogP contribution in [-0.4, -0.2) is 38.2 Å². The van der Waals surface area contributed by atoms with Gasteiger partial charge in [0.25, 0.3) is 0 Å². The summed E-state index contributed by atoms with van der Waals surface area (Å²) < 4.78 is 0. The van der Waals surface area contributed by atoms with Crippen LogP contribution in [-0.2, 0) is 0 Å². The Morgan fingerprint density at radius 3 is 2.40 bits per heavy atom. The second-order valence-corrected chi connectivity index (χ2v) is 2.28. The molecule has 59 valence electrons. The largest absolute Gasteiger partial charge is 0.340 e. The van der Waals surface area contributed by atoms with Gasteiger partial charge in [-0.1, -0.05) is 0 Å². The predicted molar refractivity (Wildman–Crippen MR) is 39.7 cm³/mol. The smallest absolute Gasteiger partial charge is 0.337 e. The summed E-state index contributed by atoms with van der Waals surface area (Å²) in [5, 5.41) is 6.19. The topological polar surface area (TPSA) is 46.4 Å². The number of urea groups is 1. The van der Waals surface area contributed by atoms with Crippen LogP contribution < -0.4 is 10.6 Å². The highest BCUT2D eigenvalue weighted by molar-refractivity contribution is 5.73. The van der Waals surface area contributed by atoms with E-state index in [1.807, 2.05) is 25.9 Å². The second kappa shape index (κ2) is 4.11. The Morgan fingerprint density at radius 1 is 1.60 bits per heavy atom. The van der Waals surface area contributed by atoms with Gasteiger partial charge in [-0.25, -0.2) is 10.1 Å². The highest BCUT2D eigenvalue weighted by Crippen LogP contribution is 1.86. The molecule has 4 nitrogen and oxygen atoms in total. The maximum atomic E-state index is 10.6. The van der Waals surface area contributed by atoms with Gasteiger partial charge in [0.05, 0.1) is 0 Å². The van der Waals surface area contributed by atoms with Crippen molar-refractivity contribution < 1.29 is 4.79 Å². The average Bonchev–Trinajstić information content (AvgIpc) is 1.87. The van der Waals surface area contributed by atoms with Crippen LogP contribution in [0.3, 0.4) is 0 Å². The fourth-order valence-corrected chi connectivity index (χ4v) is 0.350. The molecule has 0 aromatic rings. The van der Waals surface area contributed by atoms with Crippen molar-refractivity contribution in [3.05, 3.63) is 0 Å². The molecule has 0 spiro atoms. The van der Waals surface area contributed by atoms with E-state index in [9.17, 15) is 4.79 Å². The van der Waals surface area contributed by atoms with Crippen molar-refractivity contribution in [2.75, 3.05) is 21.1 Å². The first-order valence-electron chi connectivity index (χ1n) is 3.17. The lowest BCUT2D eigenvalue weighted by atomic mass is 10.5. The molecule has 10 heavy (non-hydrogen) atoms. The van der Waals surface area contributed by atoms with Gasteiger partial charge >= 0.3 is 6.03 Å². The van der Waals surface area contributed by atoms with E-state index in [4.69, 9.17) is 0 Å². The molecule has 0 rings (SSSR count). The van der Waals surface area contributed by atoms with E-state index in [2.05, 4.69) is 10.6 Å². The fraction of sp³-hybridized carbons (Fsp3) is 0.833. The van der Waals surface area contributed by atoms with Crippen LogP contribution in [0.2, 0.25) is 0 Å². The molecule has 0 fully saturated rings. The minimum Gasteiger partial charge on any atom is -0.340 e. The lowest BCUT2D eigenvalue weighted by Crippen LogP contribution is -2.40. The van der Waals surface area contributed by atoms with Crippen molar-refractivity contribution in [1.29, 1.82) is 0 Å². The van der Waals surface area contributed by atoms with Crippen molar-refractivity contribution >= 4 is 6.03 Å². The molecule has 1 unspecified atom stereocenters. The van der Waals surface area contributed by atoms with Crippen molar-refractivity contribution in [3.8, 4) is 0 Å². The maximum Gasteiger partial charge on any atom is 0.337 e. The third kappa shape index (κ3) is 3.29. The molecule has 1 radical (unpaired) electrons. The van der Waals surface area contributed by atoms with Crippen LogP contribution in [0.25, 0.3) is 0 Å². The molecule has 0 aromatic heterocycles. The SMILES string of the molecule is CNC(=O)[N]C(C)N(C)C. The quantitative estimate of drug-likeness (QED) is 0.585. The summed E-state index contributed by atoms with van der Waals surface area (Å²) in [5.74, 6) is 0. The molecule has 1 atom stereocenters. The van der Waals surface area contributed by atoms with Crippen molar-refractivity contribution in [2.45, 2.75) is 13.1 Å². The van der Waals surface area contributed by atoms with Gasteiger partial charge in [0.1, 0.15) is 6.17 Å². The lowest BCUT2D eigenvalue weighted by molar-refractivity contribution is 0.216. The Bertz CT molecular complexity index is 114. The molecule has 1 N–H and O–H groups in total. The molecule has 4 heteroatoms. The monoisotopic (exact) mass is 144 g/mol. The Hall–Kier alpha value is -0.770. The zero-order valence-electron chi connectivity index (χ0n) is 6.88. The summed E-state index contributed by atoms with van der Waals surface area (Å²) in [6, 6.07) is -0.277. The van der Waals surface area contributed by atoms with Gasteiger partial charge in [-0.2, -0.15) is 0 Å². The highest BCUT2D eigenvalue weighted by Gasteiger charge is 2.08. The number of hydrogen-bond acceptors (Lipinski definition) is 2. The molecular formula is C6H14N3O. The molecule has 0 saturated carbocycles. The highest BCUT2D eigenvalue weighted by atomic mass is 16.2. The number of nitrogens with zero attached hydrogens (tertiary/aromatic N) is 2. The van der Waals surface area contributed by atoms with Gasteiger partial charge in [-0.15, -0.1) is 0 Å². The minimum absolute atomic E-state index is 0.0556. The summed E-state index contributed by atoms with van der Waals surface area (Å²) in [7, 11) is 5.31. The molecule has 0 aliphatic carbocycles. The van der Waals surface area contributed by atoms with E-state index in [1.54, 1.807) is 7.05 Å². The van der Waals surface area contributed by atoms with Gasteiger partial charge in [0, 0.05) is 7.05 Å². The van der Waals surface area contributed by atoms with Gasteiger partial charge in [0.2, 0.25) is 0 Å². The third-order valence-electron chi connectivity index (χ3n) is 1.27. The average molecular weight is 144 g/mol. The van der Waals surface area contributed by atoms with E-state index >= 15 is 0 Å². The summed E-state index contributed by atoms with van der Waals surface area (Å²) in [6.45, 7) is 1.86. The number of hydrogen-bond donors (Lipinski definition) is 1. The van der Waals surface area contributed by atoms with E-state index in [1.165, 1.54) is 0 Å². The number of nitrogens with one attached hydrogen (secondary N) is 1. The first-order chi connectivity index (χ1) is 4.57. The molecule has 0 heterocycles. The zero-order valence-corrected chi connectivity index (χ0v) is 6.88. The van der Waals surface area contributed by atoms with Crippen molar-refractivity contribution in [3.63, 3.8) is 0 Å². The van der Waals surface area contributed by atoms with Crippen LogP contribution in [0, 0.1) is 0 Å². The first-order valence-corrected chi connectivity index (χ1v) is 3.17. The Morgan fingerprint density at radius 2 is 2.10 bits per heavy atom. The minimum atomic E-state index is -0.277. The first kappa shape index (κ1) is 9.23. The standard InChI is InChI=1S/C6H14N3O/c1-5(9(3)4)8-6(10)7-2/h5H,1-4H3,(H,7,10). The van der Waals surface area contributed by atoms with Gasteiger partial charge in [-0.3, -0.25) is 4.90 Å². The van der Waals surface area contributed by atoms with Crippen LogP contribution in [0.15, 0.2) is 0 Å². The van der Waals surface area contributed by atoms with Crippen molar-refractivity contribution in [2.24, 2.45) is 0 Å². The van der Waals surface area contributed by atoms with Crippen molar-refractivity contribution in [1.82, 2.24) is 15.5 Å². The maximum absolute atomic E-state index is 10.6. The lowest BCUT2D eigenvalue weighted by Gasteiger charge is -2.17. The number of amides is 2. The number of rotatable bonds is 2. The summed E-state index contributed by atoms with van der Waals surface area (Å²) >= 11 is 0. The molecular weight excluding hydrogens is 130 g/mol. The van der Waals surface area contributed by atoms with Crippen LogP contribution >= 0.6 is 0 Å². The molecule has 0 aliphatic heterocycles. The van der Waals surface area contributed by atoms with E-state index in [0.717, 1.165) is 0 Å². The summed E-state index contributed by atoms with van der Waals surface area (Å²) in [6.07, 6.45) is -0.0556. The molecule has 0 aliphatic rings. The number of carbonyl (C=O) groups excluding carboxylic acids is 1. The normalized spacial score (nSPS) is 12.9. The van der Waals surface area contributed by atoms with Crippen LogP contribution in [0.5, 0.6) is 0 Å².